The Bertz CT molecular complexity index is 733. The predicted molar refractivity (Wildman–Crippen MR) is 93.7 cm³/mol. The second kappa shape index (κ2) is 7.46. The van der Waals surface area contributed by atoms with Crippen molar-refractivity contribution < 1.29 is 9.59 Å². The third-order valence-corrected chi connectivity index (χ3v) is 4.32. The van der Waals surface area contributed by atoms with Crippen LogP contribution in [0.1, 0.15) is 37.2 Å². The molecule has 7 heteroatoms. The first-order valence-electron chi connectivity index (χ1n) is 8.61. The van der Waals surface area contributed by atoms with E-state index >= 15 is 0 Å². The van der Waals surface area contributed by atoms with Gasteiger partial charge < -0.3 is 10.2 Å². The van der Waals surface area contributed by atoms with Crippen molar-refractivity contribution in [1.29, 1.82) is 0 Å². The quantitative estimate of drug-likeness (QED) is 0.888. The monoisotopic (exact) mass is 341 g/mol. The zero-order valence-electron chi connectivity index (χ0n) is 14.5. The topological polar surface area (TPSA) is 91.0 Å². The van der Waals surface area contributed by atoms with Gasteiger partial charge in [0.05, 0.1) is 5.69 Å². The van der Waals surface area contributed by atoms with Gasteiger partial charge in [0, 0.05) is 31.2 Å². The average molecular weight is 341 g/mol. The number of nitrogens with one attached hydrogen (secondary N) is 2. The molecule has 2 aromatic heterocycles. The van der Waals surface area contributed by atoms with Crippen LogP contribution in [0.3, 0.4) is 0 Å². The summed E-state index contributed by atoms with van der Waals surface area (Å²) in [5.74, 6) is -0.0178. The van der Waals surface area contributed by atoms with Crippen molar-refractivity contribution in [3.63, 3.8) is 0 Å². The first-order chi connectivity index (χ1) is 12.0. The largest absolute Gasteiger partial charge is 0.354 e. The molecule has 3 rings (SSSR count). The maximum absolute atomic E-state index is 12.6. The highest BCUT2D eigenvalue weighted by atomic mass is 16.2. The highest BCUT2D eigenvalue weighted by molar-refractivity contribution is 5.93. The number of hydrogen-bond acceptors (Lipinski definition) is 4. The lowest BCUT2D eigenvalue weighted by atomic mass is 9.95. The molecule has 0 bridgehead atoms. The molecule has 2 aromatic rings. The molecular weight excluding hydrogens is 318 g/mol. The Hall–Kier alpha value is -2.70. The van der Waals surface area contributed by atoms with Crippen molar-refractivity contribution in [1.82, 2.24) is 25.4 Å². The Morgan fingerprint density at radius 3 is 2.64 bits per heavy atom. The molecule has 25 heavy (non-hydrogen) atoms. The van der Waals surface area contributed by atoms with E-state index in [2.05, 4.69) is 20.5 Å². The minimum Gasteiger partial charge on any atom is -0.354 e. The van der Waals surface area contributed by atoms with E-state index in [1.807, 2.05) is 32.0 Å². The van der Waals surface area contributed by atoms with Crippen LogP contribution >= 0.6 is 0 Å². The third kappa shape index (κ3) is 4.04. The van der Waals surface area contributed by atoms with Crippen LogP contribution in [0.5, 0.6) is 0 Å². The molecule has 0 radical (unpaired) electrons. The molecule has 0 aromatic carbocycles. The van der Waals surface area contributed by atoms with Crippen LogP contribution in [0.2, 0.25) is 0 Å². The maximum Gasteiger partial charge on any atom is 0.271 e. The fraction of sp³-hybridized carbons (Fsp3) is 0.444. The number of piperidine rings is 1. The summed E-state index contributed by atoms with van der Waals surface area (Å²) in [6.45, 7) is 5.06. The van der Waals surface area contributed by atoms with E-state index in [0.29, 0.717) is 37.3 Å². The van der Waals surface area contributed by atoms with E-state index < -0.39 is 0 Å². The van der Waals surface area contributed by atoms with E-state index in [0.717, 1.165) is 5.69 Å². The van der Waals surface area contributed by atoms with Gasteiger partial charge in [-0.2, -0.15) is 5.10 Å². The predicted octanol–water partition coefficient (Wildman–Crippen LogP) is 1.85. The number of nitrogens with zero attached hydrogens (tertiary/aromatic N) is 3. The number of amides is 2. The molecule has 0 aliphatic carbocycles. The number of hydrogen-bond donors (Lipinski definition) is 2. The van der Waals surface area contributed by atoms with Crippen molar-refractivity contribution in [3.05, 3.63) is 36.2 Å². The summed E-state index contributed by atoms with van der Waals surface area (Å²) in [6, 6.07) is 7.43. The van der Waals surface area contributed by atoms with Crippen LogP contribution in [0.25, 0.3) is 11.4 Å². The molecule has 1 aliphatic rings. The molecule has 0 spiro atoms. The number of rotatable bonds is 4. The molecule has 1 aliphatic heterocycles. The maximum atomic E-state index is 12.6. The van der Waals surface area contributed by atoms with E-state index in [4.69, 9.17) is 0 Å². The van der Waals surface area contributed by atoms with E-state index in [1.54, 1.807) is 17.2 Å². The number of carbonyl (C=O) groups is 2. The Labute approximate surface area is 146 Å². The van der Waals surface area contributed by atoms with Crippen molar-refractivity contribution in [3.8, 4) is 11.4 Å². The van der Waals surface area contributed by atoms with Gasteiger partial charge in [-0.1, -0.05) is 6.07 Å². The van der Waals surface area contributed by atoms with Gasteiger partial charge in [0.1, 0.15) is 11.4 Å². The molecule has 0 unspecified atom stereocenters. The van der Waals surface area contributed by atoms with Crippen molar-refractivity contribution in [2.45, 2.75) is 32.7 Å². The lowest BCUT2D eigenvalue weighted by molar-refractivity contribution is -0.126. The fourth-order valence-corrected chi connectivity index (χ4v) is 2.99. The van der Waals surface area contributed by atoms with Crippen LogP contribution in [0.15, 0.2) is 30.5 Å². The summed E-state index contributed by atoms with van der Waals surface area (Å²) in [5, 5.41) is 9.92. The first kappa shape index (κ1) is 17.1. The van der Waals surface area contributed by atoms with Crippen LogP contribution in [-0.2, 0) is 4.79 Å². The van der Waals surface area contributed by atoms with Gasteiger partial charge in [0.2, 0.25) is 5.91 Å². The van der Waals surface area contributed by atoms with Gasteiger partial charge in [-0.05, 0) is 44.9 Å². The lowest BCUT2D eigenvalue weighted by Crippen LogP contribution is -2.44. The van der Waals surface area contributed by atoms with E-state index in [-0.39, 0.29) is 23.8 Å². The minimum atomic E-state index is -0.0857. The Kier molecular flexibility index (Phi) is 5.11. The molecule has 1 fully saturated rings. The molecule has 0 atom stereocenters. The summed E-state index contributed by atoms with van der Waals surface area (Å²) < 4.78 is 0. The second-order valence-corrected chi connectivity index (χ2v) is 6.61. The summed E-state index contributed by atoms with van der Waals surface area (Å²) in [5.41, 5.74) is 1.82. The molecule has 3 heterocycles. The Balaban J connectivity index is 1.60. The molecule has 7 nitrogen and oxygen atoms in total. The number of aromatic nitrogens is 3. The highest BCUT2D eigenvalue weighted by Crippen LogP contribution is 2.20. The molecule has 0 saturated carbocycles. The summed E-state index contributed by atoms with van der Waals surface area (Å²) in [7, 11) is 0. The SMILES string of the molecule is CC(C)NC(=O)C1CCN(C(=O)c2cc(-c3ccccn3)n[nH]2)CC1. The minimum absolute atomic E-state index is 0.0164. The van der Waals surface area contributed by atoms with Gasteiger partial charge in [0.15, 0.2) is 0 Å². The van der Waals surface area contributed by atoms with Crippen molar-refractivity contribution >= 4 is 11.8 Å². The fourth-order valence-electron chi connectivity index (χ4n) is 2.99. The zero-order valence-corrected chi connectivity index (χ0v) is 14.5. The average Bonchev–Trinajstić information content (AvgIpc) is 3.11. The molecule has 2 amide bonds. The van der Waals surface area contributed by atoms with Crippen LogP contribution in [0, 0.1) is 5.92 Å². The van der Waals surface area contributed by atoms with Gasteiger partial charge in [-0.15, -0.1) is 0 Å². The molecule has 132 valence electrons. The van der Waals surface area contributed by atoms with Gasteiger partial charge in [0.25, 0.3) is 5.91 Å². The lowest BCUT2D eigenvalue weighted by Gasteiger charge is -2.31. The molecule has 1 saturated heterocycles. The number of aromatic amines is 1. The normalized spacial score (nSPS) is 15.4. The number of carbonyl (C=O) groups excluding carboxylic acids is 2. The first-order valence-corrected chi connectivity index (χ1v) is 8.61. The standard InChI is InChI=1S/C18H23N5O2/c1-12(2)20-17(24)13-6-9-23(10-7-13)18(25)16-11-15(21-22-16)14-5-3-4-8-19-14/h3-5,8,11-13H,6-7,9-10H2,1-2H3,(H,20,24)(H,21,22). The Morgan fingerprint density at radius 2 is 2.00 bits per heavy atom. The number of pyridine rings is 1. The van der Waals surface area contributed by atoms with Crippen LogP contribution < -0.4 is 5.32 Å². The zero-order chi connectivity index (χ0) is 17.8. The summed E-state index contributed by atoms with van der Waals surface area (Å²) in [6.07, 6.45) is 3.07. The van der Waals surface area contributed by atoms with Crippen LogP contribution in [0.4, 0.5) is 0 Å². The highest BCUT2D eigenvalue weighted by Gasteiger charge is 2.28. The molecular formula is C18H23N5O2. The smallest absolute Gasteiger partial charge is 0.271 e. The van der Waals surface area contributed by atoms with E-state index in [9.17, 15) is 9.59 Å². The summed E-state index contributed by atoms with van der Waals surface area (Å²) in [4.78, 5) is 30.7. The van der Waals surface area contributed by atoms with Crippen LogP contribution in [-0.4, -0.2) is 51.0 Å². The van der Waals surface area contributed by atoms with Gasteiger partial charge in [-0.3, -0.25) is 19.7 Å². The Morgan fingerprint density at radius 1 is 1.24 bits per heavy atom. The van der Waals surface area contributed by atoms with Crippen molar-refractivity contribution in [2.24, 2.45) is 5.92 Å². The second-order valence-electron chi connectivity index (χ2n) is 6.61. The number of likely N-dealkylation sites (tertiary alicyclic amines) is 1. The van der Waals surface area contributed by atoms with Gasteiger partial charge in [-0.25, -0.2) is 0 Å². The van der Waals surface area contributed by atoms with E-state index in [1.165, 1.54) is 0 Å². The van der Waals surface area contributed by atoms with Gasteiger partial charge >= 0.3 is 0 Å². The number of H-pyrrole nitrogens is 1. The molecule has 2 N–H and O–H groups in total. The summed E-state index contributed by atoms with van der Waals surface area (Å²) >= 11 is 0. The third-order valence-electron chi connectivity index (χ3n) is 4.32. The van der Waals surface area contributed by atoms with Crippen molar-refractivity contribution in [2.75, 3.05) is 13.1 Å².